The molecule has 2 N–H and O–H groups in total. The Morgan fingerprint density at radius 1 is 1.38 bits per heavy atom. The zero-order valence-corrected chi connectivity index (χ0v) is 14.2. The smallest absolute Gasteiger partial charge is 0.340 e. The van der Waals surface area contributed by atoms with E-state index in [-0.39, 0.29) is 47.1 Å². The standard InChI is InChI=1S/C18H18N2O6/c1-2-25-18(22)16-14(10-6-3-4-7-11(10)20(23)24)15-12(21)8-5-9-13(15)26-17(16)19/h3-4,6-7,14H,2,5,8-9,19H2,1H3. The van der Waals surface area contributed by atoms with Crippen molar-refractivity contribution < 1.29 is 24.0 Å². The van der Waals surface area contributed by atoms with Gasteiger partial charge in [-0.15, -0.1) is 0 Å². The van der Waals surface area contributed by atoms with Crippen LogP contribution in [0.2, 0.25) is 0 Å². The van der Waals surface area contributed by atoms with E-state index in [1.54, 1.807) is 13.0 Å². The average molecular weight is 358 g/mol. The summed E-state index contributed by atoms with van der Waals surface area (Å²) in [5, 5.41) is 11.5. The number of carbonyl (C=O) groups is 2. The summed E-state index contributed by atoms with van der Waals surface area (Å²) in [6, 6.07) is 5.99. The van der Waals surface area contributed by atoms with Gasteiger partial charge in [0, 0.05) is 30.0 Å². The monoisotopic (exact) mass is 358 g/mol. The highest BCUT2D eigenvalue weighted by Crippen LogP contribution is 2.46. The van der Waals surface area contributed by atoms with E-state index in [0.29, 0.717) is 18.6 Å². The SMILES string of the molecule is CCOC(=O)C1=C(N)OC2=C(C(=O)CCC2)C1c1ccccc1[N+](=O)[O-]. The van der Waals surface area contributed by atoms with E-state index in [2.05, 4.69) is 0 Å². The van der Waals surface area contributed by atoms with Gasteiger partial charge in [0.1, 0.15) is 11.3 Å². The lowest BCUT2D eigenvalue weighted by Crippen LogP contribution is -2.31. The molecule has 0 saturated carbocycles. The van der Waals surface area contributed by atoms with E-state index in [1.165, 1.54) is 18.2 Å². The number of carbonyl (C=O) groups excluding carboxylic acids is 2. The van der Waals surface area contributed by atoms with Crippen LogP contribution in [0.25, 0.3) is 0 Å². The van der Waals surface area contributed by atoms with Gasteiger partial charge in [0.25, 0.3) is 5.69 Å². The topological polar surface area (TPSA) is 122 Å². The number of hydrogen-bond acceptors (Lipinski definition) is 7. The van der Waals surface area contributed by atoms with Gasteiger partial charge < -0.3 is 15.2 Å². The van der Waals surface area contributed by atoms with Gasteiger partial charge in [-0.2, -0.15) is 0 Å². The van der Waals surface area contributed by atoms with Crippen molar-refractivity contribution in [3.05, 3.63) is 62.7 Å². The summed E-state index contributed by atoms with van der Waals surface area (Å²) in [6.45, 7) is 1.73. The van der Waals surface area contributed by atoms with Crippen LogP contribution in [0.1, 0.15) is 37.7 Å². The minimum absolute atomic E-state index is 0.0739. The third-order valence-corrected chi connectivity index (χ3v) is 4.42. The van der Waals surface area contributed by atoms with Crippen molar-refractivity contribution in [3.8, 4) is 0 Å². The van der Waals surface area contributed by atoms with E-state index in [0.717, 1.165) is 0 Å². The maximum atomic E-state index is 12.6. The Bertz CT molecular complexity index is 855. The number of nitro benzene ring substituents is 1. The second-order valence-corrected chi connectivity index (χ2v) is 5.96. The summed E-state index contributed by atoms with van der Waals surface area (Å²) in [6.07, 6.45) is 1.37. The Hall–Kier alpha value is -3.16. The fraction of sp³-hybridized carbons (Fsp3) is 0.333. The van der Waals surface area contributed by atoms with E-state index < -0.39 is 16.8 Å². The summed E-state index contributed by atoms with van der Waals surface area (Å²) in [5.74, 6) is -1.75. The summed E-state index contributed by atoms with van der Waals surface area (Å²) in [4.78, 5) is 36.1. The predicted molar refractivity (Wildman–Crippen MR) is 90.7 cm³/mol. The van der Waals surface area contributed by atoms with Crippen LogP contribution in [-0.2, 0) is 19.1 Å². The van der Waals surface area contributed by atoms with E-state index in [4.69, 9.17) is 15.2 Å². The largest absolute Gasteiger partial charge is 0.462 e. The lowest BCUT2D eigenvalue weighted by molar-refractivity contribution is -0.385. The predicted octanol–water partition coefficient (Wildman–Crippen LogP) is 2.45. The number of ketones is 1. The van der Waals surface area contributed by atoms with Crippen LogP contribution in [0.5, 0.6) is 0 Å². The molecule has 1 aromatic carbocycles. The Kier molecular flexibility index (Phi) is 4.75. The number of nitrogens with two attached hydrogens (primary N) is 1. The second kappa shape index (κ2) is 6.99. The molecule has 0 radical (unpaired) electrons. The lowest BCUT2D eigenvalue weighted by Gasteiger charge is -2.32. The molecule has 0 amide bonds. The molecule has 0 aromatic heterocycles. The minimum atomic E-state index is -0.979. The number of rotatable bonds is 4. The van der Waals surface area contributed by atoms with Crippen LogP contribution in [0, 0.1) is 10.1 Å². The van der Waals surface area contributed by atoms with Crippen LogP contribution in [0.4, 0.5) is 5.69 Å². The lowest BCUT2D eigenvalue weighted by atomic mass is 9.76. The Labute approximate surface area is 149 Å². The molecule has 26 heavy (non-hydrogen) atoms. The molecule has 0 fully saturated rings. The molecule has 0 bridgehead atoms. The zero-order chi connectivity index (χ0) is 18.8. The van der Waals surface area contributed by atoms with Crippen LogP contribution >= 0.6 is 0 Å². The molecule has 0 saturated heterocycles. The van der Waals surface area contributed by atoms with Crippen LogP contribution in [-0.4, -0.2) is 23.3 Å². The molecule has 1 aliphatic heterocycles. The normalized spacial score (nSPS) is 19.7. The highest BCUT2D eigenvalue weighted by molar-refractivity contribution is 6.03. The first-order valence-electron chi connectivity index (χ1n) is 8.29. The molecule has 0 spiro atoms. The number of allylic oxidation sites excluding steroid dienone is 2. The van der Waals surface area contributed by atoms with Crippen molar-refractivity contribution in [2.24, 2.45) is 5.73 Å². The first-order valence-corrected chi connectivity index (χ1v) is 8.29. The van der Waals surface area contributed by atoms with Crippen molar-refractivity contribution in [3.63, 3.8) is 0 Å². The number of esters is 1. The molecule has 1 atom stereocenters. The van der Waals surface area contributed by atoms with Gasteiger partial charge in [0.05, 0.1) is 17.4 Å². The minimum Gasteiger partial charge on any atom is -0.462 e. The summed E-state index contributed by atoms with van der Waals surface area (Å²) in [7, 11) is 0. The van der Waals surface area contributed by atoms with Crippen LogP contribution < -0.4 is 5.73 Å². The van der Waals surface area contributed by atoms with Crippen molar-refractivity contribution in [1.29, 1.82) is 0 Å². The molecule has 3 rings (SSSR count). The maximum Gasteiger partial charge on any atom is 0.340 e. The van der Waals surface area contributed by atoms with Gasteiger partial charge in [-0.1, -0.05) is 18.2 Å². The number of hydrogen-bond donors (Lipinski definition) is 1. The molecule has 1 aromatic rings. The second-order valence-electron chi connectivity index (χ2n) is 5.96. The number of nitro groups is 1. The third-order valence-electron chi connectivity index (χ3n) is 4.42. The summed E-state index contributed by atoms with van der Waals surface area (Å²) >= 11 is 0. The van der Waals surface area contributed by atoms with Crippen molar-refractivity contribution in [2.45, 2.75) is 32.1 Å². The number of benzene rings is 1. The average Bonchev–Trinajstić information content (AvgIpc) is 2.60. The first-order chi connectivity index (χ1) is 12.5. The number of Topliss-reactive ketones (excluding diaryl/α,β-unsaturated/α-hetero) is 1. The molecule has 2 aliphatic rings. The Morgan fingerprint density at radius 2 is 2.12 bits per heavy atom. The number of para-hydroxylation sites is 1. The summed E-state index contributed by atoms with van der Waals surface area (Å²) < 4.78 is 10.6. The molecule has 1 unspecified atom stereocenters. The van der Waals surface area contributed by atoms with Gasteiger partial charge >= 0.3 is 5.97 Å². The highest BCUT2D eigenvalue weighted by Gasteiger charge is 2.43. The van der Waals surface area contributed by atoms with E-state index in [9.17, 15) is 19.7 Å². The molecular weight excluding hydrogens is 340 g/mol. The van der Waals surface area contributed by atoms with Gasteiger partial charge in [0.15, 0.2) is 5.78 Å². The zero-order valence-electron chi connectivity index (χ0n) is 14.2. The molecule has 136 valence electrons. The van der Waals surface area contributed by atoms with Crippen molar-refractivity contribution in [2.75, 3.05) is 6.61 Å². The molecule has 1 heterocycles. The molecule has 8 heteroatoms. The number of nitrogens with zero attached hydrogens (tertiary/aromatic N) is 1. The van der Waals surface area contributed by atoms with Crippen LogP contribution in [0.15, 0.2) is 47.1 Å². The van der Waals surface area contributed by atoms with Gasteiger partial charge in [0.2, 0.25) is 5.88 Å². The van der Waals surface area contributed by atoms with Crippen molar-refractivity contribution >= 4 is 17.4 Å². The van der Waals surface area contributed by atoms with Crippen molar-refractivity contribution in [1.82, 2.24) is 0 Å². The Morgan fingerprint density at radius 3 is 2.81 bits per heavy atom. The maximum absolute atomic E-state index is 12.6. The van der Waals surface area contributed by atoms with Gasteiger partial charge in [-0.3, -0.25) is 14.9 Å². The van der Waals surface area contributed by atoms with Gasteiger partial charge in [-0.05, 0) is 13.3 Å². The van der Waals surface area contributed by atoms with Gasteiger partial charge in [-0.25, -0.2) is 4.79 Å². The van der Waals surface area contributed by atoms with E-state index in [1.807, 2.05) is 0 Å². The summed E-state index contributed by atoms with van der Waals surface area (Å²) in [5.41, 5.74) is 6.16. The quantitative estimate of drug-likeness (QED) is 0.498. The van der Waals surface area contributed by atoms with Crippen LogP contribution in [0.3, 0.4) is 0 Å². The fourth-order valence-electron chi connectivity index (χ4n) is 3.37. The highest BCUT2D eigenvalue weighted by atomic mass is 16.6. The first kappa shape index (κ1) is 17.7. The Balaban J connectivity index is 2.25. The van der Waals surface area contributed by atoms with E-state index >= 15 is 0 Å². The third kappa shape index (κ3) is 2.94. The fourth-order valence-corrected chi connectivity index (χ4v) is 3.37. The molecular formula is C18H18N2O6. The number of ether oxygens (including phenoxy) is 2. The molecule has 1 aliphatic carbocycles. The molecule has 8 nitrogen and oxygen atoms in total.